The zero-order valence-electron chi connectivity index (χ0n) is 13.6. The summed E-state index contributed by atoms with van der Waals surface area (Å²) >= 11 is 0. The number of benzene rings is 2. The predicted molar refractivity (Wildman–Crippen MR) is 90.6 cm³/mol. The van der Waals surface area contributed by atoms with Crippen molar-refractivity contribution in [2.24, 2.45) is 0 Å². The Morgan fingerprint density at radius 1 is 1.12 bits per heavy atom. The molecule has 1 amide bonds. The second-order valence-corrected chi connectivity index (χ2v) is 7.24. The molecule has 0 fully saturated rings. The zero-order valence-corrected chi connectivity index (χ0v) is 14.4. The maximum atomic E-state index is 13.0. The van der Waals surface area contributed by atoms with Gasteiger partial charge in [0.25, 0.3) is 0 Å². The zero-order chi connectivity index (χ0) is 17.9. The molecule has 0 aliphatic carbocycles. The van der Waals surface area contributed by atoms with Gasteiger partial charge < -0.3 is 5.32 Å². The van der Waals surface area contributed by atoms with Gasteiger partial charge in [-0.15, -0.1) is 0 Å². The number of anilines is 1. The smallest absolute Gasteiger partial charge is 0.241 e. The molecule has 0 saturated carbocycles. The molecule has 0 aliphatic heterocycles. The summed E-state index contributed by atoms with van der Waals surface area (Å²) in [6.45, 7) is 4.70. The van der Waals surface area contributed by atoms with Crippen LogP contribution in [0.1, 0.15) is 31.0 Å². The molecule has 0 heterocycles. The van der Waals surface area contributed by atoms with Gasteiger partial charge in [0.1, 0.15) is 5.82 Å². The largest absolute Gasteiger partial charge is 0.326 e. The average molecular weight is 350 g/mol. The summed E-state index contributed by atoms with van der Waals surface area (Å²) in [4.78, 5) is 11.2. The SMILES string of the molecule is CC(=O)Nc1ccc(C)c(S(=O)(=O)NC(C)c2ccc(F)cc2)c1. The molecule has 7 heteroatoms. The van der Waals surface area contributed by atoms with Crippen molar-refractivity contribution < 1.29 is 17.6 Å². The monoisotopic (exact) mass is 350 g/mol. The Morgan fingerprint density at radius 3 is 2.33 bits per heavy atom. The Bertz CT molecular complexity index is 849. The van der Waals surface area contributed by atoms with Crippen LogP contribution in [0, 0.1) is 12.7 Å². The first-order valence-electron chi connectivity index (χ1n) is 7.35. The number of carbonyl (C=O) groups excluding carboxylic acids is 1. The Labute approximate surface area is 141 Å². The van der Waals surface area contributed by atoms with Crippen molar-refractivity contribution in [1.29, 1.82) is 0 Å². The van der Waals surface area contributed by atoms with Gasteiger partial charge in [0.15, 0.2) is 0 Å². The van der Waals surface area contributed by atoms with E-state index >= 15 is 0 Å². The Hall–Kier alpha value is -2.25. The van der Waals surface area contributed by atoms with Crippen LogP contribution < -0.4 is 10.0 Å². The number of halogens is 1. The first-order valence-corrected chi connectivity index (χ1v) is 8.83. The van der Waals surface area contributed by atoms with E-state index in [2.05, 4.69) is 10.0 Å². The topological polar surface area (TPSA) is 75.3 Å². The fourth-order valence-corrected chi connectivity index (χ4v) is 3.79. The van der Waals surface area contributed by atoms with Crippen LogP contribution in [0.4, 0.5) is 10.1 Å². The fraction of sp³-hybridized carbons (Fsp3) is 0.235. The van der Waals surface area contributed by atoms with Crippen molar-refractivity contribution in [3.05, 3.63) is 59.4 Å². The van der Waals surface area contributed by atoms with Crippen LogP contribution in [0.15, 0.2) is 47.4 Å². The minimum atomic E-state index is -3.80. The van der Waals surface area contributed by atoms with E-state index in [9.17, 15) is 17.6 Å². The van der Waals surface area contributed by atoms with Gasteiger partial charge in [0, 0.05) is 18.7 Å². The predicted octanol–water partition coefficient (Wildman–Crippen LogP) is 3.13. The highest BCUT2D eigenvalue weighted by molar-refractivity contribution is 7.89. The lowest BCUT2D eigenvalue weighted by atomic mass is 10.1. The van der Waals surface area contributed by atoms with Gasteiger partial charge >= 0.3 is 0 Å². The third kappa shape index (κ3) is 4.39. The lowest BCUT2D eigenvalue weighted by Gasteiger charge is -2.16. The molecule has 0 radical (unpaired) electrons. The summed E-state index contributed by atoms with van der Waals surface area (Å²) in [6.07, 6.45) is 0. The number of nitrogens with one attached hydrogen (secondary N) is 2. The van der Waals surface area contributed by atoms with E-state index in [1.165, 1.54) is 37.3 Å². The first kappa shape index (κ1) is 18.1. The average Bonchev–Trinajstić information content (AvgIpc) is 2.48. The van der Waals surface area contributed by atoms with E-state index < -0.39 is 16.1 Å². The molecule has 0 aliphatic rings. The van der Waals surface area contributed by atoms with Crippen LogP contribution >= 0.6 is 0 Å². The molecule has 0 saturated heterocycles. The molecule has 1 unspecified atom stereocenters. The third-order valence-electron chi connectivity index (χ3n) is 3.50. The molecule has 5 nitrogen and oxygen atoms in total. The quantitative estimate of drug-likeness (QED) is 0.870. The minimum Gasteiger partial charge on any atom is -0.326 e. The van der Waals surface area contributed by atoms with E-state index in [4.69, 9.17) is 0 Å². The van der Waals surface area contributed by atoms with E-state index in [1.807, 2.05) is 0 Å². The molecule has 0 aromatic heterocycles. The lowest BCUT2D eigenvalue weighted by Crippen LogP contribution is -2.27. The maximum Gasteiger partial charge on any atom is 0.241 e. The van der Waals surface area contributed by atoms with E-state index in [1.54, 1.807) is 26.0 Å². The molecule has 2 rings (SSSR count). The molecular weight excluding hydrogens is 331 g/mol. The molecule has 24 heavy (non-hydrogen) atoms. The van der Waals surface area contributed by atoms with E-state index in [-0.39, 0.29) is 16.6 Å². The normalized spacial score (nSPS) is 12.7. The van der Waals surface area contributed by atoms with Crippen molar-refractivity contribution in [2.75, 3.05) is 5.32 Å². The van der Waals surface area contributed by atoms with Gasteiger partial charge in [-0.25, -0.2) is 17.5 Å². The van der Waals surface area contributed by atoms with Crippen molar-refractivity contribution in [1.82, 2.24) is 4.72 Å². The number of rotatable bonds is 5. The van der Waals surface area contributed by atoms with Crippen LogP contribution in [0.5, 0.6) is 0 Å². The molecule has 2 aromatic rings. The van der Waals surface area contributed by atoms with Crippen LogP contribution in [0.2, 0.25) is 0 Å². The first-order chi connectivity index (χ1) is 11.2. The number of hydrogen-bond acceptors (Lipinski definition) is 3. The number of amides is 1. The highest BCUT2D eigenvalue weighted by atomic mass is 32.2. The molecule has 0 bridgehead atoms. The maximum absolute atomic E-state index is 13.0. The molecule has 1 atom stereocenters. The Balaban J connectivity index is 2.29. The summed E-state index contributed by atoms with van der Waals surface area (Å²) in [5.41, 5.74) is 1.61. The van der Waals surface area contributed by atoms with E-state index in [0.717, 1.165) is 0 Å². The van der Waals surface area contributed by atoms with Gasteiger partial charge in [-0.1, -0.05) is 18.2 Å². The fourth-order valence-electron chi connectivity index (χ4n) is 2.29. The summed E-state index contributed by atoms with van der Waals surface area (Å²) in [6, 6.07) is 9.77. The second-order valence-electron chi connectivity index (χ2n) is 5.56. The summed E-state index contributed by atoms with van der Waals surface area (Å²) < 4.78 is 40.8. The highest BCUT2D eigenvalue weighted by Gasteiger charge is 2.21. The molecule has 128 valence electrons. The number of sulfonamides is 1. The van der Waals surface area contributed by atoms with Gasteiger partial charge in [0.05, 0.1) is 4.90 Å². The number of aryl methyl sites for hydroxylation is 1. The lowest BCUT2D eigenvalue weighted by molar-refractivity contribution is -0.114. The summed E-state index contributed by atoms with van der Waals surface area (Å²) in [5.74, 6) is -0.664. The standard InChI is InChI=1S/C17H19FN2O3S/c1-11-4-9-16(19-13(3)21)10-17(11)24(22,23)20-12(2)14-5-7-15(18)8-6-14/h4-10,12,20H,1-3H3,(H,19,21). The molecule has 0 spiro atoms. The van der Waals surface area contributed by atoms with Crippen LogP contribution in [-0.2, 0) is 14.8 Å². The summed E-state index contributed by atoms with van der Waals surface area (Å²) in [5, 5.41) is 2.56. The Kier molecular flexibility index (Phi) is 5.36. The van der Waals surface area contributed by atoms with Gasteiger partial charge in [-0.05, 0) is 49.2 Å². The van der Waals surface area contributed by atoms with Gasteiger partial charge in [-0.3, -0.25) is 4.79 Å². The number of hydrogen-bond donors (Lipinski definition) is 2. The van der Waals surface area contributed by atoms with Crippen LogP contribution in [-0.4, -0.2) is 14.3 Å². The Morgan fingerprint density at radius 2 is 1.75 bits per heavy atom. The highest BCUT2D eigenvalue weighted by Crippen LogP contribution is 2.23. The minimum absolute atomic E-state index is 0.0858. The molecule has 2 N–H and O–H groups in total. The van der Waals surface area contributed by atoms with Crippen LogP contribution in [0.25, 0.3) is 0 Å². The second kappa shape index (κ2) is 7.11. The van der Waals surface area contributed by atoms with Crippen molar-refractivity contribution >= 4 is 21.6 Å². The molecule has 2 aromatic carbocycles. The van der Waals surface area contributed by atoms with Gasteiger partial charge in [0.2, 0.25) is 15.9 Å². The third-order valence-corrected chi connectivity index (χ3v) is 5.18. The van der Waals surface area contributed by atoms with Crippen LogP contribution in [0.3, 0.4) is 0 Å². The van der Waals surface area contributed by atoms with Crippen molar-refractivity contribution in [3.63, 3.8) is 0 Å². The summed E-state index contributed by atoms with van der Waals surface area (Å²) in [7, 11) is -3.80. The van der Waals surface area contributed by atoms with E-state index in [0.29, 0.717) is 16.8 Å². The van der Waals surface area contributed by atoms with Crippen molar-refractivity contribution in [2.45, 2.75) is 31.7 Å². The molecular formula is C17H19FN2O3S. The number of carbonyl (C=O) groups is 1. The van der Waals surface area contributed by atoms with Gasteiger partial charge in [-0.2, -0.15) is 0 Å². The van der Waals surface area contributed by atoms with Crippen molar-refractivity contribution in [3.8, 4) is 0 Å².